The van der Waals surface area contributed by atoms with E-state index in [1.807, 2.05) is 49.8 Å². The van der Waals surface area contributed by atoms with Gasteiger partial charge in [-0.25, -0.2) is 0 Å². The lowest BCUT2D eigenvalue weighted by Gasteiger charge is -2.14. The fourth-order valence-electron chi connectivity index (χ4n) is 3.54. The van der Waals surface area contributed by atoms with Crippen LogP contribution in [0.2, 0.25) is 0 Å². The van der Waals surface area contributed by atoms with E-state index >= 15 is 0 Å². The van der Waals surface area contributed by atoms with Crippen molar-refractivity contribution >= 4 is 11.6 Å². The molecule has 7 nitrogen and oxygen atoms in total. The molecule has 0 bridgehead atoms. The number of aryl methyl sites for hydroxylation is 2. The van der Waals surface area contributed by atoms with E-state index in [4.69, 9.17) is 14.5 Å². The minimum absolute atomic E-state index is 0.161. The third kappa shape index (κ3) is 7.86. The average molecular weight is 442 g/mol. The fourth-order valence-corrected chi connectivity index (χ4v) is 3.54. The second-order valence-corrected chi connectivity index (χ2v) is 8.87. The number of rotatable bonds is 12. The van der Waals surface area contributed by atoms with E-state index in [2.05, 4.69) is 29.6 Å². The molecular weight excluding hydrogens is 402 g/mol. The van der Waals surface area contributed by atoms with Crippen molar-refractivity contribution in [1.29, 1.82) is 0 Å². The number of nitrogens with one attached hydrogen (secondary N) is 2. The highest BCUT2D eigenvalue weighted by atomic mass is 16.5. The smallest absolute Gasteiger partial charge is 0.195 e. The van der Waals surface area contributed by atoms with E-state index < -0.39 is 0 Å². The van der Waals surface area contributed by atoms with E-state index in [0.29, 0.717) is 0 Å². The van der Waals surface area contributed by atoms with Crippen LogP contribution < -0.4 is 15.4 Å². The second kappa shape index (κ2) is 11.9. The van der Waals surface area contributed by atoms with Gasteiger partial charge in [-0.2, -0.15) is 5.10 Å². The Balaban J connectivity index is 1.54. The molecule has 2 N–H and O–H groups in total. The molecule has 3 rings (SSSR count). The zero-order valence-corrected chi connectivity index (χ0v) is 20.3. The molecule has 176 valence electrons. The van der Waals surface area contributed by atoms with Gasteiger partial charge in [-0.1, -0.05) is 0 Å². The van der Waals surface area contributed by atoms with Crippen LogP contribution in [-0.4, -0.2) is 48.1 Å². The van der Waals surface area contributed by atoms with Gasteiger partial charge in [0.05, 0.1) is 11.8 Å². The molecule has 0 saturated heterocycles. The molecule has 1 aromatic carbocycles. The van der Waals surface area contributed by atoms with Gasteiger partial charge in [-0.3, -0.25) is 9.67 Å². The van der Waals surface area contributed by atoms with Gasteiger partial charge in [0, 0.05) is 44.7 Å². The molecule has 1 saturated carbocycles. The summed E-state index contributed by atoms with van der Waals surface area (Å²) in [5.41, 5.74) is 4.57. The monoisotopic (exact) mass is 441 g/mol. The largest absolute Gasteiger partial charge is 0.491 e. The number of hydrogen-bond donors (Lipinski definition) is 2. The van der Waals surface area contributed by atoms with Gasteiger partial charge in [0.15, 0.2) is 5.96 Å². The van der Waals surface area contributed by atoms with Crippen LogP contribution in [0.15, 0.2) is 29.3 Å². The maximum absolute atomic E-state index is 5.74. The molecular formula is C25H39N5O2. The van der Waals surface area contributed by atoms with Gasteiger partial charge in [0.2, 0.25) is 0 Å². The number of benzene rings is 1. The van der Waals surface area contributed by atoms with Crippen LogP contribution >= 0.6 is 0 Å². The number of nitrogens with zero attached hydrogens (tertiary/aromatic N) is 3. The van der Waals surface area contributed by atoms with Gasteiger partial charge in [0.25, 0.3) is 0 Å². The van der Waals surface area contributed by atoms with Crippen molar-refractivity contribution in [3.05, 3.63) is 41.2 Å². The first-order valence-electron chi connectivity index (χ1n) is 11.8. The number of guanidine groups is 1. The molecule has 1 aliphatic rings. The molecule has 1 heterocycles. The van der Waals surface area contributed by atoms with Crippen LogP contribution in [0.4, 0.5) is 5.69 Å². The summed E-state index contributed by atoms with van der Waals surface area (Å²) in [6, 6.07) is 7.99. The standard InChI is InChI=1S/C25H39N5O2/c1-18(2)32-23-11-9-22(10-12-23)28-25(26-14-6-16-31-17-21-7-8-21)27-15-13-24-19(3)29-30(5)20(24)4/h9-12,18,21H,6-8,13-17H2,1-5H3,(H2,26,27,28). The maximum atomic E-state index is 5.74. The lowest BCUT2D eigenvalue weighted by atomic mass is 10.1. The van der Waals surface area contributed by atoms with Crippen molar-refractivity contribution in [2.75, 3.05) is 31.6 Å². The van der Waals surface area contributed by atoms with Gasteiger partial charge >= 0.3 is 0 Å². The number of hydrogen-bond acceptors (Lipinski definition) is 4. The number of aliphatic imine (C=N–C) groups is 1. The van der Waals surface area contributed by atoms with Crippen molar-refractivity contribution in [3.8, 4) is 5.75 Å². The predicted octanol–water partition coefficient (Wildman–Crippen LogP) is 4.24. The molecule has 0 spiro atoms. The Morgan fingerprint density at radius 3 is 2.59 bits per heavy atom. The quantitative estimate of drug-likeness (QED) is 0.293. The summed E-state index contributed by atoms with van der Waals surface area (Å²) in [6.07, 6.45) is 4.63. The SMILES string of the molecule is Cc1nn(C)c(C)c1CCNC(=NCCCOCC1CC1)Nc1ccc(OC(C)C)cc1. The van der Waals surface area contributed by atoms with Gasteiger partial charge in [-0.15, -0.1) is 0 Å². The van der Waals surface area contributed by atoms with Crippen molar-refractivity contribution in [2.45, 2.75) is 59.5 Å². The molecule has 0 unspecified atom stereocenters. The molecule has 0 radical (unpaired) electrons. The topological polar surface area (TPSA) is 72.7 Å². The molecule has 2 aromatic rings. The average Bonchev–Trinajstić information content (AvgIpc) is 3.54. The van der Waals surface area contributed by atoms with Crippen molar-refractivity contribution in [2.24, 2.45) is 18.0 Å². The first kappa shape index (κ1) is 24.1. The van der Waals surface area contributed by atoms with Crippen molar-refractivity contribution in [3.63, 3.8) is 0 Å². The number of aromatic nitrogens is 2. The third-order valence-electron chi connectivity index (χ3n) is 5.58. The maximum Gasteiger partial charge on any atom is 0.195 e. The summed E-state index contributed by atoms with van der Waals surface area (Å²) in [7, 11) is 1.99. The van der Waals surface area contributed by atoms with Crippen LogP contribution in [0.25, 0.3) is 0 Å². The Kier molecular flexibility index (Phi) is 8.97. The summed E-state index contributed by atoms with van der Waals surface area (Å²) in [4.78, 5) is 4.77. The van der Waals surface area contributed by atoms with E-state index in [1.165, 1.54) is 24.1 Å². The third-order valence-corrected chi connectivity index (χ3v) is 5.58. The first-order valence-corrected chi connectivity index (χ1v) is 11.8. The van der Waals surface area contributed by atoms with Gasteiger partial charge in [-0.05, 0) is 89.1 Å². The van der Waals surface area contributed by atoms with Crippen LogP contribution in [0, 0.1) is 19.8 Å². The van der Waals surface area contributed by atoms with Crippen molar-refractivity contribution in [1.82, 2.24) is 15.1 Å². The Morgan fingerprint density at radius 2 is 1.97 bits per heavy atom. The van der Waals surface area contributed by atoms with E-state index in [0.717, 1.165) is 68.2 Å². The molecule has 32 heavy (non-hydrogen) atoms. The molecule has 0 amide bonds. The highest BCUT2D eigenvalue weighted by Crippen LogP contribution is 2.28. The Morgan fingerprint density at radius 1 is 1.22 bits per heavy atom. The van der Waals surface area contributed by atoms with Crippen LogP contribution in [0.5, 0.6) is 5.75 Å². The summed E-state index contributed by atoms with van der Waals surface area (Å²) in [6.45, 7) is 11.4. The van der Waals surface area contributed by atoms with Gasteiger partial charge < -0.3 is 20.1 Å². The Bertz CT molecular complexity index is 869. The second-order valence-electron chi connectivity index (χ2n) is 8.87. The zero-order chi connectivity index (χ0) is 22.9. The molecule has 0 atom stereocenters. The lowest BCUT2D eigenvalue weighted by molar-refractivity contribution is 0.123. The van der Waals surface area contributed by atoms with E-state index in [9.17, 15) is 0 Å². The predicted molar refractivity (Wildman–Crippen MR) is 131 cm³/mol. The fraction of sp³-hybridized carbons (Fsp3) is 0.600. The normalized spacial score (nSPS) is 14.1. The Labute approximate surface area is 192 Å². The minimum atomic E-state index is 0.161. The van der Waals surface area contributed by atoms with Crippen LogP contribution in [0.1, 0.15) is 50.1 Å². The molecule has 7 heteroatoms. The number of anilines is 1. The summed E-state index contributed by atoms with van der Waals surface area (Å²) >= 11 is 0. The highest BCUT2D eigenvalue weighted by molar-refractivity contribution is 5.93. The van der Waals surface area contributed by atoms with Crippen molar-refractivity contribution < 1.29 is 9.47 Å². The lowest BCUT2D eigenvalue weighted by Crippen LogP contribution is -2.33. The van der Waals surface area contributed by atoms with Crippen LogP contribution in [-0.2, 0) is 18.2 Å². The highest BCUT2D eigenvalue weighted by Gasteiger charge is 2.20. The Hall–Kier alpha value is -2.54. The summed E-state index contributed by atoms with van der Waals surface area (Å²) < 4.78 is 13.4. The van der Waals surface area contributed by atoms with E-state index in [1.54, 1.807) is 0 Å². The van der Waals surface area contributed by atoms with E-state index in [-0.39, 0.29) is 6.10 Å². The zero-order valence-electron chi connectivity index (χ0n) is 20.3. The summed E-state index contributed by atoms with van der Waals surface area (Å²) in [5, 5.41) is 11.4. The summed E-state index contributed by atoms with van der Waals surface area (Å²) in [5.74, 6) is 2.45. The minimum Gasteiger partial charge on any atom is -0.491 e. The molecule has 0 aliphatic heterocycles. The molecule has 1 fully saturated rings. The van der Waals surface area contributed by atoms with Gasteiger partial charge in [0.1, 0.15) is 5.75 Å². The number of ether oxygens (including phenoxy) is 2. The molecule has 1 aliphatic carbocycles. The molecule has 1 aromatic heterocycles. The first-order chi connectivity index (χ1) is 15.4. The van der Waals surface area contributed by atoms with Crippen LogP contribution in [0.3, 0.4) is 0 Å².